The van der Waals surface area contributed by atoms with Crippen LogP contribution in [0.1, 0.15) is 49.8 Å². The number of fused-ring (bicyclic) bond motifs is 1. The van der Waals surface area contributed by atoms with Crippen molar-refractivity contribution in [3.8, 4) is 34.7 Å². The highest BCUT2D eigenvalue weighted by Crippen LogP contribution is 2.38. The maximum absolute atomic E-state index is 10.9. The van der Waals surface area contributed by atoms with Crippen LogP contribution in [0.3, 0.4) is 0 Å². The minimum atomic E-state index is -0.297. The van der Waals surface area contributed by atoms with Gasteiger partial charge in [-0.15, -0.1) is 0 Å². The smallest absolute Gasteiger partial charge is 0.302 e. The van der Waals surface area contributed by atoms with E-state index in [9.17, 15) is 10.1 Å². The maximum atomic E-state index is 10.9. The molecule has 1 aliphatic rings. The van der Waals surface area contributed by atoms with Crippen LogP contribution in [0.5, 0.6) is 5.75 Å². The highest BCUT2D eigenvalue weighted by atomic mass is 16.5. The van der Waals surface area contributed by atoms with Gasteiger partial charge in [-0.2, -0.15) is 10.2 Å². The molecule has 0 amide bonds. The van der Waals surface area contributed by atoms with Crippen LogP contribution in [0.4, 0.5) is 0 Å². The van der Waals surface area contributed by atoms with E-state index in [1.807, 2.05) is 38.3 Å². The lowest BCUT2D eigenvalue weighted by Gasteiger charge is -2.11. The fraction of sp³-hybridized carbons (Fsp3) is 0.346. The summed E-state index contributed by atoms with van der Waals surface area (Å²) in [4.78, 5) is 19.9. The largest absolute Gasteiger partial charge is 0.490 e. The van der Waals surface area contributed by atoms with Crippen molar-refractivity contribution in [2.24, 2.45) is 4.99 Å². The first-order valence-corrected chi connectivity index (χ1v) is 11.3. The summed E-state index contributed by atoms with van der Waals surface area (Å²) in [6.45, 7) is 5.95. The molecular weight excluding hydrogens is 432 g/mol. The number of hydrogen-bond acceptors (Lipinski definition) is 8. The first-order valence-electron chi connectivity index (χ1n) is 11.3. The molecule has 1 aliphatic carbocycles. The molecule has 0 spiro atoms. The van der Waals surface area contributed by atoms with Gasteiger partial charge in [0.05, 0.1) is 18.2 Å². The Morgan fingerprint density at radius 3 is 2.97 bits per heavy atom. The third-order valence-electron chi connectivity index (χ3n) is 5.50. The molecule has 0 saturated carbocycles. The van der Waals surface area contributed by atoms with E-state index in [-0.39, 0.29) is 24.6 Å². The molecular formula is C26H26N4O4. The number of carbonyl (C=O) groups is 1. The quantitative estimate of drug-likeness (QED) is 0.273. The molecule has 0 bridgehead atoms. The van der Waals surface area contributed by atoms with Gasteiger partial charge in [0.25, 0.3) is 5.89 Å². The zero-order chi connectivity index (χ0) is 24.1. The van der Waals surface area contributed by atoms with Crippen LogP contribution in [0, 0.1) is 11.3 Å². The van der Waals surface area contributed by atoms with Gasteiger partial charge < -0.3 is 14.0 Å². The van der Waals surface area contributed by atoms with Gasteiger partial charge >= 0.3 is 5.97 Å². The summed E-state index contributed by atoms with van der Waals surface area (Å²) in [7, 11) is 0. The number of ether oxygens (including phenoxy) is 2. The molecule has 8 heteroatoms. The van der Waals surface area contributed by atoms with Crippen LogP contribution in [0.2, 0.25) is 0 Å². The molecule has 1 heterocycles. The standard InChI is InChI=1S/C26H26N4O4/c1-16(2)33-24-10-8-18(13-20(24)14-27)26-29-25(30-34-26)23-6-4-5-21-19(7-9-22(21)23)15-28-11-12-32-17(3)31/h4-6,8,10,13,15-16,19H,7,9,11-12H2,1-3H3/b28-15+. The molecule has 4 rings (SSSR count). The Labute approximate surface area is 198 Å². The molecule has 1 unspecified atom stereocenters. The number of nitriles is 1. The lowest BCUT2D eigenvalue weighted by Crippen LogP contribution is -2.06. The van der Waals surface area contributed by atoms with Gasteiger partial charge in [0, 0.05) is 30.2 Å². The SMILES string of the molecule is CC(=O)OCC/N=C/C1CCc2c(-c3noc(-c4ccc(OC(C)C)c(C#N)c4)n3)cccc21. The van der Waals surface area contributed by atoms with E-state index in [0.29, 0.717) is 35.1 Å². The second kappa shape index (κ2) is 10.3. The minimum Gasteiger partial charge on any atom is -0.490 e. The number of rotatable bonds is 8. The Kier molecular flexibility index (Phi) is 7.02. The van der Waals surface area contributed by atoms with Gasteiger partial charge in [0.2, 0.25) is 5.82 Å². The molecule has 2 aromatic carbocycles. The Morgan fingerprint density at radius 2 is 2.21 bits per heavy atom. The average molecular weight is 459 g/mol. The van der Waals surface area contributed by atoms with Crippen LogP contribution >= 0.6 is 0 Å². The highest BCUT2D eigenvalue weighted by Gasteiger charge is 2.25. The van der Waals surface area contributed by atoms with E-state index >= 15 is 0 Å². The van der Waals surface area contributed by atoms with E-state index in [1.54, 1.807) is 12.1 Å². The molecule has 3 aromatic rings. The molecule has 1 aromatic heterocycles. The van der Waals surface area contributed by atoms with Gasteiger partial charge in [0.1, 0.15) is 18.4 Å². The second-order valence-electron chi connectivity index (χ2n) is 8.33. The van der Waals surface area contributed by atoms with Gasteiger partial charge in [-0.05, 0) is 56.0 Å². The molecule has 0 aliphatic heterocycles. The summed E-state index contributed by atoms with van der Waals surface area (Å²) in [5, 5.41) is 13.7. The van der Waals surface area contributed by atoms with Gasteiger partial charge in [0.15, 0.2) is 0 Å². The third-order valence-corrected chi connectivity index (χ3v) is 5.50. The Morgan fingerprint density at radius 1 is 1.35 bits per heavy atom. The summed E-state index contributed by atoms with van der Waals surface area (Å²) in [6, 6.07) is 13.5. The number of aliphatic imine (C=N–C) groups is 1. The van der Waals surface area contributed by atoms with Crippen molar-refractivity contribution < 1.29 is 18.8 Å². The van der Waals surface area contributed by atoms with Crippen molar-refractivity contribution in [3.63, 3.8) is 0 Å². The van der Waals surface area contributed by atoms with Gasteiger partial charge in [-0.1, -0.05) is 23.4 Å². The third kappa shape index (κ3) is 5.15. The van der Waals surface area contributed by atoms with Crippen LogP contribution < -0.4 is 4.74 Å². The van der Waals surface area contributed by atoms with E-state index in [2.05, 4.69) is 27.3 Å². The van der Waals surface area contributed by atoms with Gasteiger partial charge in [-0.25, -0.2) is 0 Å². The van der Waals surface area contributed by atoms with Crippen molar-refractivity contribution in [3.05, 3.63) is 53.1 Å². The molecule has 0 fully saturated rings. The Balaban J connectivity index is 1.54. The summed E-state index contributed by atoms with van der Waals surface area (Å²) in [6.07, 6.45) is 3.73. The summed E-state index contributed by atoms with van der Waals surface area (Å²) in [5.74, 6) is 1.30. The monoisotopic (exact) mass is 458 g/mol. The molecule has 34 heavy (non-hydrogen) atoms. The van der Waals surface area contributed by atoms with E-state index in [1.165, 1.54) is 18.1 Å². The molecule has 174 valence electrons. The zero-order valence-electron chi connectivity index (χ0n) is 19.4. The second-order valence-corrected chi connectivity index (χ2v) is 8.33. The lowest BCUT2D eigenvalue weighted by molar-refractivity contribution is -0.140. The normalized spacial score (nSPS) is 14.9. The fourth-order valence-electron chi connectivity index (χ4n) is 4.05. The summed E-state index contributed by atoms with van der Waals surface area (Å²) >= 11 is 0. The van der Waals surface area contributed by atoms with Crippen molar-refractivity contribution >= 4 is 12.2 Å². The number of carbonyl (C=O) groups excluding carboxylic acids is 1. The molecule has 0 saturated heterocycles. The molecule has 8 nitrogen and oxygen atoms in total. The topological polar surface area (TPSA) is 111 Å². The Bertz CT molecular complexity index is 1260. The highest BCUT2D eigenvalue weighted by molar-refractivity contribution is 5.75. The van der Waals surface area contributed by atoms with E-state index < -0.39 is 0 Å². The minimum absolute atomic E-state index is 0.0316. The first-order chi connectivity index (χ1) is 16.5. The number of esters is 1. The van der Waals surface area contributed by atoms with Crippen molar-refractivity contribution in [1.29, 1.82) is 5.26 Å². The number of nitrogens with zero attached hydrogens (tertiary/aromatic N) is 4. The predicted octanol–water partition coefficient (Wildman–Crippen LogP) is 4.73. The summed E-state index contributed by atoms with van der Waals surface area (Å²) < 4.78 is 16.2. The van der Waals surface area contributed by atoms with Crippen molar-refractivity contribution in [1.82, 2.24) is 10.1 Å². The van der Waals surface area contributed by atoms with Crippen molar-refractivity contribution in [2.75, 3.05) is 13.2 Å². The molecule has 0 radical (unpaired) electrons. The van der Waals surface area contributed by atoms with Crippen LogP contribution in [0.25, 0.3) is 22.8 Å². The fourth-order valence-corrected chi connectivity index (χ4v) is 4.05. The number of benzene rings is 2. The number of hydrogen-bond donors (Lipinski definition) is 0. The van der Waals surface area contributed by atoms with Crippen LogP contribution in [-0.4, -0.2) is 41.6 Å². The van der Waals surface area contributed by atoms with Gasteiger partial charge in [-0.3, -0.25) is 9.79 Å². The van der Waals surface area contributed by atoms with E-state index in [4.69, 9.17) is 14.0 Å². The Hall–Kier alpha value is -3.99. The molecule has 1 atom stereocenters. The maximum Gasteiger partial charge on any atom is 0.302 e. The van der Waals surface area contributed by atoms with E-state index in [0.717, 1.165) is 18.4 Å². The predicted molar refractivity (Wildman–Crippen MR) is 127 cm³/mol. The first kappa shape index (κ1) is 23.2. The average Bonchev–Trinajstić information content (AvgIpc) is 3.46. The van der Waals surface area contributed by atoms with Crippen LogP contribution in [0.15, 0.2) is 45.9 Å². The zero-order valence-corrected chi connectivity index (χ0v) is 19.4. The summed E-state index contributed by atoms with van der Waals surface area (Å²) in [5.41, 5.74) is 4.40. The van der Waals surface area contributed by atoms with Crippen LogP contribution in [-0.2, 0) is 16.0 Å². The number of aromatic nitrogens is 2. The van der Waals surface area contributed by atoms with Crippen molar-refractivity contribution in [2.45, 2.75) is 45.6 Å². The molecule has 0 N–H and O–H groups in total. The lowest BCUT2D eigenvalue weighted by atomic mass is 9.99.